The zero-order valence-electron chi connectivity index (χ0n) is 11.5. The zero-order valence-corrected chi connectivity index (χ0v) is 13.8. The normalized spacial score (nSPS) is 10.8. The Morgan fingerprint density at radius 2 is 1.95 bits per heavy atom. The van der Waals surface area contributed by atoms with Gasteiger partial charge >= 0.3 is 0 Å². The van der Waals surface area contributed by atoms with Crippen LogP contribution in [0.15, 0.2) is 46.9 Å². The molecule has 0 aliphatic carbocycles. The summed E-state index contributed by atoms with van der Waals surface area (Å²) in [4.78, 5) is 0. The Morgan fingerprint density at radius 3 is 2.65 bits per heavy atom. The van der Waals surface area contributed by atoms with Crippen molar-refractivity contribution in [2.75, 3.05) is 0 Å². The van der Waals surface area contributed by atoms with Gasteiger partial charge in [0.05, 0.1) is 5.02 Å². The van der Waals surface area contributed by atoms with Gasteiger partial charge in [0.25, 0.3) is 0 Å². The van der Waals surface area contributed by atoms with Gasteiger partial charge < -0.3 is 10.1 Å². The molecule has 4 heteroatoms. The lowest BCUT2D eigenvalue weighted by Crippen LogP contribution is -2.22. The summed E-state index contributed by atoms with van der Waals surface area (Å²) in [6, 6.07) is 13.9. The quantitative estimate of drug-likeness (QED) is 0.777. The lowest BCUT2D eigenvalue weighted by atomic mass is 10.2. The summed E-state index contributed by atoms with van der Waals surface area (Å²) in [7, 11) is 0. The fraction of sp³-hybridized carbons (Fsp3) is 0.250. The molecule has 0 aromatic heterocycles. The molecule has 2 rings (SSSR count). The van der Waals surface area contributed by atoms with Crippen molar-refractivity contribution in [3.8, 4) is 11.5 Å². The molecule has 20 heavy (non-hydrogen) atoms. The van der Waals surface area contributed by atoms with Crippen molar-refractivity contribution < 1.29 is 4.74 Å². The Morgan fingerprint density at radius 1 is 1.20 bits per heavy atom. The van der Waals surface area contributed by atoms with Gasteiger partial charge in [0, 0.05) is 22.6 Å². The number of halogens is 2. The first-order chi connectivity index (χ1) is 9.56. The summed E-state index contributed by atoms with van der Waals surface area (Å²) in [5.74, 6) is 1.47. The second kappa shape index (κ2) is 7.11. The van der Waals surface area contributed by atoms with Crippen LogP contribution in [0, 0.1) is 0 Å². The van der Waals surface area contributed by atoms with E-state index < -0.39 is 0 Å². The first-order valence-corrected chi connectivity index (χ1v) is 7.67. The molecule has 0 unspecified atom stereocenters. The number of hydrogen-bond donors (Lipinski definition) is 1. The van der Waals surface area contributed by atoms with E-state index in [4.69, 9.17) is 16.3 Å². The van der Waals surface area contributed by atoms with Gasteiger partial charge in [-0.15, -0.1) is 0 Å². The molecule has 0 fully saturated rings. The third-order valence-electron chi connectivity index (χ3n) is 2.77. The summed E-state index contributed by atoms with van der Waals surface area (Å²) in [6.07, 6.45) is 0. The molecule has 0 aliphatic rings. The molecule has 0 amide bonds. The molecule has 1 N–H and O–H groups in total. The fourth-order valence-corrected chi connectivity index (χ4v) is 2.38. The predicted molar refractivity (Wildman–Crippen MR) is 87.6 cm³/mol. The number of nitrogens with one attached hydrogen (secondary N) is 1. The van der Waals surface area contributed by atoms with Gasteiger partial charge in [-0.2, -0.15) is 0 Å². The van der Waals surface area contributed by atoms with Gasteiger partial charge in [0.1, 0.15) is 11.5 Å². The molecule has 0 spiro atoms. The number of benzene rings is 2. The van der Waals surface area contributed by atoms with Gasteiger partial charge in [0.15, 0.2) is 0 Å². The standard InChI is InChI=1S/C16H17BrClNO/c1-11(2)19-10-12-5-3-8-15(18)16(12)20-14-7-4-6-13(17)9-14/h3-9,11,19H,10H2,1-2H3. The number of ether oxygens (including phenoxy) is 1. The molecule has 0 heterocycles. The van der Waals surface area contributed by atoms with Crippen molar-refractivity contribution in [2.24, 2.45) is 0 Å². The van der Waals surface area contributed by atoms with Gasteiger partial charge in [-0.1, -0.05) is 59.6 Å². The lowest BCUT2D eigenvalue weighted by Gasteiger charge is -2.15. The Labute approximate surface area is 133 Å². The van der Waals surface area contributed by atoms with Gasteiger partial charge in [-0.25, -0.2) is 0 Å². The lowest BCUT2D eigenvalue weighted by molar-refractivity contribution is 0.469. The SMILES string of the molecule is CC(C)NCc1cccc(Cl)c1Oc1cccc(Br)c1. The minimum Gasteiger partial charge on any atom is -0.455 e. The molecule has 2 aromatic carbocycles. The monoisotopic (exact) mass is 353 g/mol. The molecule has 0 aliphatic heterocycles. The summed E-state index contributed by atoms with van der Waals surface area (Å²) < 4.78 is 6.93. The molecular formula is C16H17BrClNO. The first kappa shape index (κ1) is 15.4. The van der Waals surface area contributed by atoms with Crippen LogP contribution in [0.2, 0.25) is 5.02 Å². The van der Waals surface area contributed by atoms with Crippen molar-refractivity contribution in [1.82, 2.24) is 5.32 Å². The molecule has 0 radical (unpaired) electrons. The van der Waals surface area contributed by atoms with E-state index in [2.05, 4.69) is 35.1 Å². The summed E-state index contributed by atoms with van der Waals surface area (Å²) >= 11 is 9.71. The predicted octanol–water partition coefficient (Wildman–Crippen LogP) is 5.39. The second-order valence-electron chi connectivity index (χ2n) is 4.82. The van der Waals surface area contributed by atoms with Gasteiger partial charge in [0.2, 0.25) is 0 Å². The highest BCUT2D eigenvalue weighted by Gasteiger charge is 2.10. The van der Waals surface area contributed by atoms with Crippen LogP contribution in [-0.4, -0.2) is 6.04 Å². The van der Waals surface area contributed by atoms with E-state index in [9.17, 15) is 0 Å². The van der Waals surface area contributed by atoms with Crippen LogP contribution in [0.25, 0.3) is 0 Å². The minimum absolute atomic E-state index is 0.410. The molecule has 2 aromatic rings. The Balaban J connectivity index is 2.25. The number of para-hydroxylation sites is 1. The van der Waals surface area contributed by atoms with Gasteiger partial charge in [-0.05, 0) is 24.3 Å². The third kappa shape index (κ3) is 4.23. The first-order valence-electron chi connectivity index (χ1n) is 6.50. The van der Waals surface area contributed by atoms with Crippen LogP contribution in [0.4, 0.5) is 0 Å². The number of hydrogen-bond acceptors (Lipinski definition) is 2. The summed E-state index contributed by atoms with van der Waals surface area (Å²) in [5, 5.41) is 4.00. The van der Waals surface area contributed by atoms with Crippen molar-refractivity contribution in [1.29, 1.82) is 0 Å². The van der Waals surface area contributed by atoms with E-state index in [0.29, 0.717) is 16.8 Å². The van der Waals surface area contributed by atoms with Crippen molar-refractivity contribution >= 4 is 27.5 Å². The number of rotatable bonds is 5. The van der Waals surface area contributed by atoms with Crippen molar-refractivity contribution in [3.05, 3.63) is 57.5 Å². The van der Waals surface area contributed by atoms with E-state index in [1.807, 2.05) is 42.5 Å². The molecule has 0 atom stereocenters. The third-order valence-corrected chi connectivity index (χ3v) is 3.56. The highest BCUT2D eigenvalue weighted by atomic mass is 79.9. The summed E-state index contributed by atoms with van der Waals surface area (Å²) in [6.45, 7) is 4.94. The second-order valence-corrected chi connectivity index (χ2v) is 6.15. The Kier molecular flexibility index (Phi) is 5.46. The van der Waals surface area contributed by atoms with Crippen LogP contribution >= 0.6 is 27.5 Å². The largest absolute Gasteiger partial charge is 0.455 e. The van der Waals surface area contributed by atoms with Crippen LogP contribution < -0.4 is 10.1 Å². The van der Waals surface area contributed by atoms with Crippen LogP contribution in [0.3, 0.4) is 0 Å². The van der Waals surface area contributed by atoms with Crippen LogP contribution in [-0.2, 0) is 6.54 Å². The minimum atomic E-state index is 0.410. The van der Waals surface area contributed by atoms with Gasteiger partial charge in [-0.3, -0.25) is 0 Å². The molecule has 2 nitrogen and oxygen atoms in total. The maximum Gasteiger partial charge on any atom is 0.150 e. The van der Waals surface area contributed by atoms with E-state index in [-0.39, 0.29) is 0 Å². The van der Waals surface area contributed by atoms with E-state index in [0.717, 1.165) is 22.3 Å². The average Bonchev–Trinajstić information content (AvgIpc) is 2.39. The van der Waals surface area contributed by atoms with Crippen LogP contribution in [0.5, 0.6) is 11.5 Å². The molecule has 0 saturated heterocycles. The highest BCUT2D eigenvalue weighted by molar-refractivity contribution is 9.10. The molecule has 0 saturated carbocycles. The molecular weight excluding hydrogens is 338 g/mol. The Hall–Kier alpha value is -1.03. The smallest absolute Gasteiger partial charge is 0.150 e. The average molecular weight is 355 g/mol. The maximum atomic E-state index is 6.27. The maximum absolute atomic E-state index is 6.27. The van der Waals surface area contributed by atoms with Crippen LogP contribution in [0.1, 0.15) is 19.4 Å². The van der Waals surface area contributed by atoms with E-state index in [1.165, 1.54) is 0 Å². The van der Waals surface area contributed by atoms with E-state index in [1.54, 1.807) is 0 Å². The van der Waals surface area contributed by atoms with Crippen molar-refractivity contribution in [2.45, 2.75) is 26.4 Å². The van der Waals surface area contributed by atoms with E-state index >= 15 is 0 Å². The Bertz CT molecular complexity index is 586. The topological polar surface area (TPSA) is 21.3 Å². The molecule has 0 bridgehead atoms. The van der Waals surface area contributed by atoms with Crippen molar-refractivity contribution in [3.63, 3.8) is 0 Å². The molecule has 106 valence electrons. The highest BCUT2D eigenvalue weighted by Crippen LogP contribution is 2.33. The zero-order chi connectivity index (χ0) is 14.5. The fourth-order valence-electron chi connectivity index (χ4n) is 1.77. The summed E-state index contributed by atoms with van der Waals surface area (Å²) in [5.41, 5.74) is 1.05.